The molecule has 1 aromatic heterocycles. The number of nitrogens with zero attached hydrogens (tertiary/aromatic N) is 1. The van der Waals surface area contributed by atoms with E-state index in [4.69, 9.17) is 15.2 Å². The summed E-state index contributed by atoms with van der Waals surface area (Å²) in [7, 11) is 4.84. The summed E-state index contributed by atoms with van der Waals surface area (Å²) in [5.41, 5.74) is 6.26. The zero-order valence-electron chi connectivity index (χ0n) is 11.4. The second kappa shape index (κ2) is 5.95. The number of methoxy groups -OCH3 is 2. The normalized spacial score (nSPS) is 10.6. The number of rotatable bonds is 5. The average molecular weight is 272 g/mol. The Kier molecular flexibility index (Phi) is 4.84. The number of anilines is 2. The summed E-state index contributed by atoms with van der Waals surface area (Å²) in [5, 5.41) is 0.851. The molecule has 0 amide bonds. The summed E-state index contributed by atoms with van der Waals surface area (Å²) in [4.78, 5) is 14.0. The van der Waals surface area contributed by atoms with E-state index >= 15 is 0 Å². The summed E-state index contributed by atoms with van der Waals surface area (Å²) in [6, 6.07) is 0. The summed E-state index contributed by atoms with van der Waals surface area (Å²) in [5.74, 6) is 0.619. The third-order valence-corrected chi connectivity index (χ3v) is 3.72. The lowest BCUT2D eigenvalue weighted by molar-refractivity contribution is 0.0607. The van der Waals surface area contributed by atoms with Crippen molar-refractivity contribution in [2.45, 2.75) is 13.8 Å². The largest absolute Gasteiger partial charge is 0.492 e. The summed E-state index contributed by atoms with van der Waals surface area (Å²) in [6.07, 6.45) is 0. The summed E-state index contributed by atoms with van der Waals surface area (Å²) >= 11 is 1.29. The maximum atomic E-state index is 11.6. The highest BCUT2D eigenvalue weighted by Crippen LogP contribution is 2.44. The number of nitrogen functional groups attached to an aromatic ring is 1. The van der Waals surface area contributed by atoms with Gasteiger partial charge in [0.15, 0.2) is 5.75 Å². The first kappa shape index (κ1) is 14.6. The number of carbonyl (C=O) groups is 1. The molecule has 18 heavy (non-hydrogen) atoms. The van der Waals surface area contributed by atoms with Gasteiger partial charge in [0.2, 0.25) is 0 Å². The Bertz CT molecular complexity index is 429. The molecule has 0 aromatic carbocycles. The van der Waals surface area contributed by atoms with Crippen LogP contribution in [0.3, 0.4) is 0 Å². The predicted molar refractivity (Wildman–Crippen MR) is 74.7 cm³/mol. The highest BCUT2D eigenvalue weighted by atomic mass is 32.1. The SMILES string of the molecule is COC(=O)c1sc(N(C)CC(C)C)c(OC)c1N. The minimum Gasteiger partial charge on any atom is -0.492 e. The Morgan fingerprint density at radius 1 is 1.44 bits per heavy atom. The number of nitrogens with two attached hydrogens (primary N) is 1. The van der Waals surface area contributed by atoms with Crippen molar-refractivity contribution in [1.29, 1.82) is 0 Å². The molecule has 0 unspecified atom stereocenters. The van der Waals surface area contributed by atoms with Gasteiger partial charge in [0, 0.05) is 13.6 Å². The van der Waals surface area contributed by atoms with Crippen LogP contribution in [0.4, 0.5) is 10.7 Å². The van der Waals surface area contributed by atoms with E-state index in [0.29, 0.717) is 22.2 Å². The van der Waals surface area contributed by atoms with E-state index in [2.05, 4.69) is 13.8 Å². The average Bonchev–Trinajstić information content (AvgIpc) is 2.64. The molecule has 0 radical (unpaired) electrons. The van der Waals surface area contributed by atoms with Crippen molar-refractivity contribution in [1.82, 2.24) is 0 Å². The summed E-state index contributed by atoms with van der Waals surface area (Å²) < 4.78 is 10.00. The second-order valence-corrected chi connectivity index (χ2v) is 5.45. The Labute approximate surface area is 111 Å². The fourth-order valence-electron chi connectivity index (χ4n) is 1.74. The van der Waals surface area contributed by atoms with Crippen LogP contribution in [-0.2, 0) is 4.74 Å². The smallest absolute Gasteiger partial charge is 0.350 e. The molecule has 5 nitrogen and oxygen atoms in total. The zero-order chi connectivity index (χ0) is 13.9. The van der Waals surface area contributed by atoms with Gasteiger partial charge in [-0.05, 0) is 5.92 Å². The Morgan fingerprint density at radius 3 is 2.50 bits per heavy atom. The third kappa shape index (κ3) is 2.87. The van der Waals surface area contributed by atoms with Crippen LogP contribution in [0.5, 0.6) is 5.75 Å². The van der Waals surface area contributed by atoms with E-state index in [9.17, 15) is 4.79 Å². The quantitative estimate of drug-likeness (QED) is 0.833. The maximum Gasteiger partial charge on any atom is 0.350 e. The minimum absolute atomic E-state index is 0.347. The first-order chi connectivity index (χ1) is 8.42. The lowest BCUT2D eigenvalue weighted by Crippen LogP contribution is -2.21. The van der Waals surface area contributed by atoms with Crippen LogP contribution >= 0.6 is 11.3 Å². The molecule has 1 heterocycles. The van der Waals surface area contributed by atoms with E-state index in [1.807, 2.05) is 11.9 Å². The molecule has 0 spiro atoms. The minimum atomic E-state index is -0.431. The molecule has 0 saturated carbocycles. The number of carbonyl (C=O) groups excluding carboxylic acids is 1. The Balaban J connectivity index is 3.15. The van der Waals surface area contributed by atoms with Crippen molar-refractivity contribution in [3.63, 3.8) is 0 Å². The van der Waals surface area contributed by atoms with Gasteiger partial charge in [0.25, 0.3) is 0 Å². The molecule has 0 atom stereocenters. The highest BCUT2D eigenvalue weighted by molar-refractivity contribution is 7.19. The van der Waals surface area contributed by atoms with E-state index in [-0.39, 0.29) is 0 Å². The van der Waals surface area contributed by atoms with Gasteiger partial charge in [-0.25, -0.2) is 4.79 Å². The van der Waals surface area contributed by atoms with Crippen molar-refractivity contribution < 1.29 is 14.3 Å². The predicted octanol–water partition coefficient (Wildman–Crippen LogP) is 2.22. The van der Waals surface area contributed by atoms with Crippen LogP contribution in [0.15, 0.2) is 0 Å². The molecular weight excluding hydrogens is 252 g/mol. The zero-order valence-corrected chi connectivity index (χ0v) is 12.3. The van der Waals surface area contributed by atoms with Crippen LogP contribution in [0.1, 0.15) is 23.5 Å². The Morgan fingerprint density at radius 2 is 2.06 bits per heavy atom. The molecule has 102 valence electrons. The highest BCUT2D eigenvalue weighted by Gasteiger charge is 2.24. The summed E-state index contributed by atoms with van der Waals surface area (Å²) in [6.45, 7) is 5.11. The maximum absolute atomic E-state index is 11.6. The molecule has 1 aromatic rings. The van der Waals surface area contributed by atoms with E-state index in [0.717, 1.165) is 11.5 Å². The van der Waals surface area contributed by atoms with E-state index in [1.165, 1.54) is 18.4 Å². The molecule has 6 heteroatoms. The first-order valence-corrected chi connectivity index (χ1v) is 6.49. The lowest BCUT2D eigenvalue weighted by Gasteiger charge is -2.20. The number of esters is 1. The van der Waals surface area contributed by atoms with Crippen molar-refractivity contribution >= 4 is 28.0 Å². The first-order valence-electron chi connectivity index (χ1n) is 5.68. The van der Waals surface area contributed by atoms with Gasteiger partial charge in [-0.2, -0.15) is 0 Å². The molecule has 0 aliphatic heterocycles. The molecule has 0 fully saturated rings. The second-order valence-electron chi connectivity index (χ2n) is 4.45. The van der Waals surface area contributed by atoms with Crippen molar-refractivity contribution in [2.24, 2.45) is 5.92 Å². The van der Waals surface area contributed by atoms with Gasteiger partial charge < -0.3 is 20.1 Å². The molecule has 0 saturated heterocycles. The van der Waals surface area contributed by atoms with Gasteiger partial charge in [-0.3, -0.25) is 0 Å². The van der Waals surface area contributed by atoms with Gasteiger partial charge in [-0.15, -0.1) is 11.3 Å². The fraction of sp³-hybridized carbons (Fsp3) is 0.583. The van der Waals surface area contributed by atoms with Gasteiger partial charge in [0.05, 0.1) is 14.2 Å². The van der Waals surface area contributed by atoms with Crippen LogP contribution in [0.25, 0.3) is 0 Å². The fourth-order valence-corrected chi connectivity index (χ4v) is 2.82. The number of hydrogen-bond donors (Lipinski definition) is 1. The third-order valence-electron chi connectivity index (χ3n) is 2.44. The van der Waals surface area contributed by atoms with Gasteiger partial charge >= 0.3 is 5.97 Å². The van der Waals surface area contributed by atoms with Crippen LogP contribution < -0.4 is 15.4 Å². The standard InChI is InChI=1S/C12H20N2O3S/c1-7(2)6-14(3)11-9(16-4)8(13)10(18-11)12(15)17-5/h7H,6,13H2,1-5H3. The topological polar surface area (TPSA) is 64.8 Å². The molecular formula is C12H20N2O3S. The lowest BCUT2D eigenvalue weighted by atomic mass is 10.2. The number of ether oxygens (including phenoxy) is 2. The van der Waals surface area contributed by atoms with Crippen LogP contribution in [-0.4, -0.2) is 33.8 Å². The monoisotopic (exact) mass is 272 g/mol. The number of thiophene rings is 1. The van der Waals surface area contributed by atoms with Crippen molar-refractivity contribution in [3.8, 4) is 5.75 Å². The van der Waals surface area contributed by atoms with Crippen molar-refractivity contribution in [2.75, 3.05) is 38.4 Å². The van der Waals surface area contributed by atoms with Crippen LogP contribution in [0, 0.1) is 5.92 Å². The Hall–Kier alpha value is -1.43. The van der Waals surface area contributed by atoms with Gasteiger partial charge in [-0.1, -0.05) is 13.8 Å². The molecule has 0 bridgehead atoms. The van der Waals surface area contributed by atoms with E-state index in [1.54, 1.807) is 7.11 Å². The number of hydrogen-bond acceptors (Lipinski definition) is 6. The molecule has 2 N–H and O–H groups in total. The van der Waals surface area contributed by atoms with Crippen LogP contribution in [0.2, 0.25) is 0 Å². The molecule has 0 aliphatic carbocycles. The van der Waals surface area contributed by atoms with E-state index < -0.39 is 5.97 Å². The van der Waals surface area contributed by atoms with Crippen molar-refractivity contribution in [3.05, 3.63) is 4.88 Å². The molecule has 1 rings (SSSR count). The van der Waals surface area contributed by atoms with Gasteiger partial charge in [0.1, 0.15) is 15.6 Å². The molecule has 0 aliphatic rings.